The molecule has 0 rings (SSSR count). The van der Waals surface area contributed by atoms with Crippen molar-refractivity contribution in [1.82, 2.24) is 0 Å². The molecule has 0 aromatic carbocycles. The highest BCUT2D eigenvalue weighted by atomic mass is 16.6. The molecule has 0 aliphatic rings. The lowest BCUT2D eigenvalue weighted by Gasteiger charge is -2.18. The van der Waals surface area contributed by atoms with E-state index in [4.69, 9.17) is 14.2 Å². The van der Waals surface area contributed by atoms with Crippen LogP contribution >= 0.6 is 0 Å². The second kappa shape index (κ2) is 63.1. The number of unbranched alkanes of at least 4 members (excludes halogenated alkanes) is 33. The average Bonchev–Trinajstić information content (AvgIpc) is 3.41. The third kappa shape index (κ3) is 61.3. The van der Waals surface area contributed by atoms with Crippen molar-refractivity contribution in [3.8, 4) is 0 Å². The highest BCUT2D eigenvalue weighted by molar-refractivity contribution is 5.71. The number of hydrogen-bond donors (Lipinski definition) is 0. The number of esters is 3. The second-order valence-corrected chi connectivity index (χ2v) is 21.3. The van der Waals surface area contributed by atoms with Crippen molar-refractivity contribution in [2.75, 3.05) is 13.2 Å². The van der Waals surface area contributed by atoms with Crippen molar-refractivity contribution in [3.05, 3.63) is 85.1 Å². The van der Waals surface area contributed by atoms with E-state index in [0.717, 1.165) is 109 Å². The van der Waals surface area contributed by atoms with Crippen molar-refractivity contribution in [1.29, 1.82) is 0 Å². The van der Waals surface area contributed by atoms with Gasteiger partial charge in [-0.05, 0) is 89.9 Å². The molecule has 75 heavy (non-hydrogen) atoms. The van der Waals surface area contributed by atoms with Crippen LogP contribution in [0.4, 0.5) is 0 Å². The van der Waals surface area contributed by atoms with Gasteiger partial charge in [0.1, 0.15) is 13.2 Å². The summed E-state index contributed by atoms with van der Waals surface area (Å²) in [6.07, 6.45) is 83.0. The summed E-state index contributed by atoms with van der Waals surface area (Å²) in [7, 11) is 0. The Labute approximate surface area is 465 Å². The molecule has 0 aromatic heterocycles. The highest BCUT2D eigenvalue weighted by Crippen LogP contribution is 2.17. The molecule has 0 N–H and O–H groups in total. The van der Waals surface area contributed by atoms with Crippen molar-refractivity contribution in [2.24, 2.45) is 0 Å². The SMILES string of the molecule is CC/C=C\C/C=C\C/C=C\C/C=C\CCCCCCCCCCCCCCCCC(=O)OCC(COC(=O)CCCCCCCCCCCCCCC)OC(=O)CCCCCCCCC/C=C\C/C=C\C/C=C\CC. The van der Waals surface area contributed by atoms with Gasteiger partial charge < -0.3 is 14.2 Å². The fraction of sp³-hybridized carbons (Fsp3) is 0.754. The van der Waals surface area contributed by atoms with E-state index >= 15 is 0 Å². The zero-order chi connectivity index (χ0) is 54.3. The van der Waals surface area contributed by atoms with Crippen LogP contribution in [0.5, 0.6) is 0 Å². The van der Waals surface area contributed by atoms with E-state index in [1.54, 1.807) is 0 Å². The lowest BCUT2D eigenvalue weighted by Crippen LogP contribution is -2.30. The van der Waals surface area contributed by atoms with Gasteiger partial charge in [0.15, 0.2) is 6.10 Å². The van der Waals surface area contributed by atoms with Crippen molar-refractivity contribution >= 4 is 17.9 Å². The first-order valence-electron chi connectivity index (χ1n) is 32.1. The fourth-order valence-electron chi connectivity index (χ4n) is 9.16. The number of carbonyl (C=O) groups is 3. The Morgan fingerprint density at radius 1 is 0.280 bits per heavy atom. The summed E-state index contributed by atoms with van der Waals surface area (Å²) in [6, 6.07) is 0. The minimum Gasteiger partial charge on any atom is -0.462 e. The Bertz CT molecular complexity index is 1430. The van der Waals surface area contributed by atoms with Crippen LogP contribution in [-0.4, -0.2) is 37.2 Å². The van der Waals surface area contributed by atoms with E-state index in [9.17, 15) is 14.4 Å². The summed E-state index contributed by atoms with van der Waals surface area (Å²) in [5, 5.41) is 0. The molecular weight excluding hydrogens is 925 g/mol. The molecule has 1 unspecified atom stereocenters. The molecular formula is C69H120O6. The molecule has 0 saturated carbocycles. The Morgan fingerprint density at radius 3 is 0.813 bits per heavy atom. The minimum atomic E-state index is -0.780. The minimum absolute atomic E-state index is 0.0768. The van der Waals surface area contributed by atoms with E-state index in [2.05, 4.69) is 106 Å². The smallest absolute Gasteiger partial charge is 0.306 e. The summed E-state index contributed by atoms with van der Waals surface area (Å²) >= 11 is 0. The van der Waals surface area contributed by atoms with E-state index in [-0.39, 0.29) is 31.1 Å². The fourth-order valence-corrected chi connectivity index (χ4v) is 9.16. The normalized spacial score (nSPS) is 12.6. The number of allylic oxidation sites excluding steroid dienone is 14. The number of hydrogen-bond acceptors (Lipinski definition) is 6. The average molecular weight is 1050 g/mol. The van der Waals surface area contributed by atoms with Crippen LogP contribution in [0, 0.1) is 0 Å². The predicted octanol–water partition coefficient (Wildman–Crippen LogP) is 21.9. The molecule has 0 bridgehead atoms. The molecule has 1 atom stereocenters. The van der Waals surface area contributed by atoms with Gasteiger partial charge in [0.05, 0.1) is 0 Å². The van der Waals surface area contributed by atoms with Crippen LogP contribution in [-0.2, 0) is 28.6 Å². The van der Waals surface area contributed by atoms with Gasteiger partial charge in [0.2, 0.25) is 0 Å². The van der Waals surface area contributed by atoms with Crippen LogP contribution < -0.4 is 0 Å². The molecule has 0 amide bonds. The molecule has 0 heterocycles. The van der Waals surface area contributed by atoms with Crippen molar-refractivity contribution in [2.45, 2.75) is 322 Å². The Morgan fingerprint density at radius 2 is 0.520 bits per heavy atom. The lowest BCUT2D eigenvalue weighted by molar-refractivity contribution is -0.167. The molecule has 6 heteroatoms. The van der Waals surface area contributed by atoms with Gasteiger partial charge in [-0.15, -0.1) is 0 Å². The number of carbonyl (C=O) groups excluding carboxylic acids is 3. The molecule has 0 spiro atoms. The molecule has 0 aromatic rings. The van der Waals surface area contributed by atoms with Gasteiger partial charge in [-0.25, -0.2) is 0 Å². The second-order valence-electron chi connectivity index (χ2n) is 21.3. The van der Waals surface area contributed by atoms with E-state index in [0.29, 0.717) is 19.3 Å². The standard InChI is InChI=1S/C69H120O6/c1-4-7-10-13-16-19-22-25-27-29-30-31-32-33-34-35-36-37-38-40-41-44-47-50-53-56-59-62-68(71)74-65-66(64-73-67(70)61-58-55-52-49-46-43-24-21-18-15-12-9-6-3)75-69(72)63-60-57-54-51-48-45-42-39-28-26-23-20-17-14-11-8-5-2/h7-8,10-11,16-17,19-20,25-28,30-31,66H,4-6,9,12-15,18,21-24,29,32-65H2,1-3H3/b10-7-,11-8-,19-16-,20-17-,27-25-,28-26-,31-30-. The molecule has 0 fully saturated rings. The summed E-state index contributed by atoms with van der Waals surface area (Å²) in [4.78, 5) is 38.3. The largest absolute Gasteiger partial charge is 0.462 e. The van der Waals surface area contributed by atoms with Gasteiger partial charge in [-0.2, -0.15) is 0 Å². The summed E-state index contributed by atoms with van der Waals surface area (Å²) in [5.74, 6) is -0.873. The molecule has 0 radical (unpaired) electrons. The third-order valence-corrected chi connectivity index (χ3v) is 13.9. The molecule has 6 nitrogen and oxygen atoms in total. The molecule has 0 aliphatic heterocycles. The molecule has 0 aliphatic carbocycles. The maximum Gasteiger partial charge on any atom is 0.306 e. The summed E-state index contributed by atoms with van der Waals surface area (Å²) in [5.41, 5.74) is 0. The maximum absolute atomic E-state index is 12.9. The number of ether oxygens (including phenoxy) is 3. The van der Waals surface area contributed by atoms with Gasteiger partial charge in [0.25, 0.3) is 0 Å². The quantitative estimate of drug-likeness (QED) is 0.0261. The predicted molar refractivity (Wildman–Crippen MR) is 325 cm³/mol. The van der Waals surface area contributed by atoms with Gasteiger partial charge in [-0.3, -0.25) is 14.4 Å². The van der Waals surface area contributed by atoms with E-state index < -0.39 is 6.10 Å². The van der Waals surface area contributed by atoms with Crippen LogP contribution in [0.25, 0.3) is 0 Å². The first-order chi connectivity index (χ1) is 37.0. The highest BCUT2D eigenvalue weighted by Gasteiger charge is 2.19. The van der Waals surface area contributed by atoms with Crippen LogP contribution in [0.2, 0.25) is 0 Å². The zero-order valence-corrected chi connectivity index (χ0v) is 49.6. The first kappa shape index (κ1) is 71.6. The maximum atomic E-state index is 12.9. The lowest BCUT2D eigenvalue weighted by atomic mass is 10.0. The first-order valence-corrected chi connectivity index (χ1v) is 32.1. The van der Waals surface area contributed by atoms with Gasteiger partial charge in [0, 0.05) is 19.3 Å². The number of rotatable bonds is 58. The van der Waals surface area contributed by atoms with Crippen molar-refractivity contribution in [3.63, 3.8) is 0 Å². The topological polar surface area (TPSA) is 78.9 Å². The Balaban J connectivity index is 4.26. The van der Waals surface area contributed by atoms with Gasteiger partial charge >= 0.3 is 17.9 Å². The third-order valence-electron chi connectivity index (χ3n) is 13.9. The Kier molecular flexibility index (Phi) is 60.3. The zero-order valence-electron chi connectivity index (χ0n) is 49.6. The monoisotopic (exact) mass is 1040 g/mol. The van der Waals surface area contributed by atoms with Crippen LogP contribution in [0.1, 0.15) is 316 Å². The van der Waals surface area contributed by atoms with E-state index in [1.807, 2.05) is 0 Å². The van der Waals surface area contributed by atoms with E-state index in [1.165, 1.54) is 167 Å². The van der Waals surface area contributed by atoms with Crippen LogP contribution in [0.15, 0.2) is 85.1 Å². The summed E-state index contributed by atoms with van der Waals surface area (Å²) in [6.45, 7) is 6.44. The Hall–Kier alpha value is -3.41. The van der Waals surface area contributed by atoms with Crippen molar-refractivity contribution < 1.29 is 28.6 Å². The molecule has 0 saturated heterocycles. The summed E-state index contributed by atoms with van der Waals surface area (Å²) < 4.78 is 16.9. The van der Waals surface area contributed by atoms with Crippen LogP contribution in [0.3, 0.4) is 0 Å². The molecule has 432 valence electrons. The van der Waals surface area contributed by atoms with Gasteiger partial charge in [-0.1, -0.05) is 292 Å².